The molecule has 3 nitrogen and oxygen atoms in total. The molecule has 1 atom stereocenters. The fourth-order valence-electron chi connectivity index (χ4n) is 3.22. The van der Waals surface area contributed by atoms with Gasteiger partial charge in [-0.15, -0.1) is 0 Å². The highest BCUT2D eigenvalue weighted by molar-refractivity contribution is 5.47. The molecule has 2 rings (SSSR count). The predicted molar refractivity (Wildman–Crippen MR) is 92.0 cm³/mol. The fraction of sp³-hybridized carbons (Fsp3) is 0.667. The van der Waals surface area contributed by atoms with Gasteiger partial charge in [0.05, 0.1) is 0 Å². The largest absolute Gasteiger partial charge is 0.373 e. The monoisotopic (exact) mass is 289 g/mol. The average molecular weight is 289 g/mol. The van der Waals surface area contributed by atoms with Crippen molar-refractivity contribution in [1.29, 1.82) is 0 Å². The molecular formula is C18H31N3. The van der Waals surface area contributed by atoms with Gasteiger partial charge in [0, 0.05) is 31.9 Å². The van der Waals surface area contributed by atoms with E-state index in [0.29, 0.717) is 0 Å². The van der Waals surface area contributed by atoms with E-state index in [2.05, 4.69) is 60.3 Å². The summed E-state index contributed by atoms with van der Waals surface area (Å²) in [5, 5.41) is 3.45. The van der Waals surface area contributed by atoms with Crippen LogP contribution in [0.2, 0.25) is 0 Å². The Bertz CT molecular complexity index is 401. The van der Waals surface area contributed by atoms with Crippen molar-refractivity contribution in [1.82, 2.24) is 10.2 Å². The van der Waals surface area contributed by atoms with Gasteiger partial charge in [-0.1, -0.05) is 26.0 Å². The SMILES string of the molecule is CCCNCc1ccc(N(C)CC2CCCN2CC)cc1. The topological polar surface area (TPSA) is 18.5 Å². The third-order valence-corrected chi connectivity index (χ3v) is 4.52. The van der Waals surface area contributed by atoms with Gasteiger partial charge in [-0.2, -0.15) is 0 Å². The van der Waals surface area contributed by atoms with E-state index >= 15 is 0 Å². The number of rotatable bonds is 8. The van der Waals surface area contributed by atoms with Crippen LogP contribution in [0.3, 0.4) is 0 Å². The molecule has 1 aromatic carbocycles. The van der Waals surface area contributed by atoms with Gasteiger partial charge < -0.3 is 10.2 Å². The second-order valence-electron chi connectivity index (χ2n) is 6.15. The molecule has 1 aliphatic heterocycles. The van der Waals surface area contributed by atoms with E-state index in [1.54, 1.807) is 0 Å². The minimum atomic E-state index is 0.728. The number of anilines is 1. The van der Waals surface area contributed by atoms with Crippen molar-refractivity contribution in [2.75, 3.05) is 38.1 Å². The van der Waals surface area contributed by atoms with Gasteiger partial charge >= 0.3 is 0 Å². The van der Waals surface area contributed by atoms with E-state index in [-0.39, 0.29) is 0 Å². The Hall–Kier alpha value is -1.06. The first-order chi connectivity index (χ1) is 10.2. The normalized spacial score (nSPS) is 19.1. The molecule has 21 heavy (non-hydrogen) atoms. The molecular weight excluding hydrogens is 258 g/mol. The molecule has 3 heteroatoms. The lowest BCUT2D eigenvalue weighted by atomic mass is 10.1. The van der Waals surface area contributed by atoms with Crippen LogP contribution in [0.1, 0.15) is 38.7 Å². The van der Waals surface area contributed by atoms with Crippen LogP contribution in [-0.4, -0.2) is 44.2 Å². The summed E-state index contributed by atoms with van der Waals surface area (Å²) in [5.41, 5.74) is 2.70. The van der Waals surface area contributed by atoms with Crippen molar-refractivity contribution in [2.45, 2.75) is 45.7 Å². The molecule has 0 aromatic heterocycles. The maximum absolute atomic E-state index is 3.45. The second-order valence-corrected chi connectivity index (χ2v) is 6.15. The van der Waals surface area contributed by atoms with Gasteiger partial charge in [0.1, 0.15) is 0 Å². The molecule has 1 saturated heterocycles. The summed E-state index contributed by atoms with van der Waals surface area (Å²) in [7, 11) is 2.22. The Morgan fingerprint density at radius 1 is 1.24 bits per heavy atom. The molecule has 1 N–H and O–H groups in total. The van der Waals surface area contributed by atoms with E-state index in [4.69, 9.17) is 0 Å². The summed E-state index contributed by atoms with van der Waals surface area (Å²) in [6.45, 7) is 10.1. The fourth-order valence-corrected chi connectivity index (χ4v) is 3.22. The quantitative estimate of drug-likeness (QED) is 0.742. The van der Waals surface area contributed by atoms with E-state index in [9.17, 15) is 0 Å². The van der Waals surface area contributed by atoms with Gasteiger partial charge in [-0.25, -0.2) is 0 Å². The molecule has 118 valence electrons. The predicted octanol–water partition coefficient (Wildman–Crippen LogP) is 3.11. The minimum absolute atomic E-state index is 0.728. The zero-order chi connectivity index (χ0) is 15.1. The van der Waals surface area contributed by atoms with Gasteiger partial charge in [0.15, 0.2) is 0 Å². The average Bonchev–Trinajstić information content (AvgIpc) is 2.95. The lowest BCUT2D eigenvalue weighted by molar-refractivity contribution is 0.270. The maximum atomic E-state index is 3.45. The zero-order valence-electron chi connectivity index (χ0n) is 13.9. The first kappa shape index (κ1) is 16.3. The molecule has 1 fully saturated rings. The molecule has 0 saturated carbocycles. The highest BCUT2D eigenvalue weighted by atomic mass is 15.2. The smallest absolute Gasteiger partial charge is 0.0364 e. The highest BCUT2D eigenvalue weighted by Crippen LogP contribution is 2.20. The Morgan fingerprint density at radius 2 is 2.00 bits per heavy atom. The van der Waals surface area contributed by atoms with Gasteiger partial charge in [-0.05, 0) is 56.6 Å². The van der Waals surface area contributed by atoms with Gasteiger partial charge in [-0.3, -0.25) is 4.90 Å². The Kier molecular flexibility index (Phi) is 6.52. The molecule has 1 heterocycles. The van der Waals surface area contributed by atoms with E-state index < -0.39 is 0 Å². The Morgan fingerprint density at radius 3 is 2.67 bits per heavy atom. The minimum Gasteiger partial charge on any atom is -0.373 e. The maximum Gasteiger partial charge on any atom is 0.0364 e. The summed E-state index contributed by atoms with van der Waals surface area (Å²) in [4.78, 5) is 5.02. The Balaban J connectivity index is 1.86. The molecule has 1 unspecified atom stereocenters. The number of hydrogen-bond donors (Lipinski definition) is 1. The Labute approximate surface area is 130 Å². The summed E-state index contributed by atoms with van der Waals surface area (Å²) in [6, 6.07) is 9.75. The van der Waals surface area contributed by atoms with E-state index in [1.165, 1.54) is 43.6 Å². The lowest BCUT2D eigenvalue weighted by Crippen LogP contribution is -2.38. The van der Waals surface area contributed by atoms with Gasteiger partial charge in [0.2, 0.25) is 0 Å². The van der Waals surface area contributed by atoms with Crippen molar-refractivity contribution in [3.63, 3.8) is 0 Å². The van der Waals surface area contributed by atoms with Crippen molar-refractivity contribution < 1.29 is 0 Å². The number of nitrogens with zero attached hydrogens (tertiary/aromatic N) is 2. The van der Waals surface area contributed by atoms with Crippen LogP contribution in [0.4, 0.5) is 5.69 Å². The van der Waals surface area contributed by atoms with Crippen LogP contribution < -0.4 is 10.2 Å². The van der Waals surface area contributed by atoms with Crippen molar-refractivity contribution >= 4 is 5.69 Å². The standard InChI is InChI=1S/C18H31N3/c1-4-12-19-14-16-8-10-17(11-9-16)20(3)15-18-7-6-13-21(18)5-2/h8-11,18-19H,4-7,12-15H2,1-3H3. The second kappa shape index (κ2) is 8.40. The number of likely N-dealkylation sites (tertiary alicyclic amines) is 1. The van der Waals surface area contributed by atoms with Crippen LogP contribution >= 0.6 is 0 Å². The number of hydrogen-bond acceptors (Lipinski definition) is 3. The van der Waals surface area contributed by atoms with Gasteiger partial charge in [0.25, 0.3) is 0 Å². The first-order valence-electron chi connectivity index (χ1n) is 8.49. The van der Waals surface area contributed by atoms with Crippen molar-refractivity contribution in [2.24, 2.45) is 0 Å². The highest BCUT2D eigenvalue weighted by Gasteiger charge is 2.24. The molecule has 0 aliphatic carbocycles. The third kappa shape index (κ3) is 4.72. The lowest BCUT2D eigenvalue weighted by Gasteiger charge is -2.29. The number of benzene rings is 1. The summed E-state index contributed by atoms with van der Waals surface area (Å²) in [6.07, 6.45) is 3.89. The van der Waals surface area contributed by atoms with E-state index in [0.717, 1.165) is 25.7 Å². The molecule has 0 bridgehead atoms. The molecule has 0 amide bonds. The first-order valence-corrected chi connectivity index (χ1v) is 8.49. The number of nitrogens with one attached hydrogen (secondary N) is 1. The van der Waals surface area contributed by atoms with E-state index in [1.807, 2.05) is 0 Å². The van der Waals surface area contributed by atoms with Crippen LogP contribution in [0.25, 0.3) is 0 Å². The van der Waals surface area contributed by atoms with Crippen LogP contribution in [-0.2, 0) is 6.54 Å². The summed E-state index contributed by atoms with van der Waals surface area (Å²) >= 11 is 0. The van der Waals surface area contributed by atoms with Crippen LogP contribution in [0.15, 0.2) is 24.3 Å². The third-order valence-electron chi connectivity index (χ3n) is 4.52. The number of likely N-dealkylation sites (N-methyl/N-ethyl adjacent to an activating group) is 2. The zero-order valence-corrected chi connectivity index (χ0v) is 13.9. The summed E-state index contributed by atoms with van der Waals surface area (Å²) < 4.78 is 0. The van der Waals surface area contributed by atoms with Crippen molar-refractivity contribution in [3.05, 3.63) is 29.8 Å². The molecule has 0 spiro atoms. The summed E-state index contributed by atoms with van der Waals surface area (Å²) in [5.74, 6) is 0. The molecule has 1 aliphatic rings. The van der Waals surface area contributed by atoms with Crippen molar-refractivity contribution in [3.8, 4) is 0 Å². The molecule has 1 aromatic rings. The van der Waals surface area contributed by atoms with Crippen LogP contribution in [0, 0.1) is 0 Å². The van der Waals surface area contributed by atoms with Crippen LogP contribution in [0.5, 0.6) is 0 Å². The molecule has 0 radical (unpaired) electrons.